The Kier molecular flexibility index (Phi) is 4.53. The monoisotopic (exact) mass is 346 g/mol. The zero-order valence-electron chi connectivity index (χ0n) is 12.7. The summed E-state index contributed by atoms with van der Waals surface area (Å²) in [5, 5.41) is 18.1. The molecule has 25 heavy (non-hydrogen) atoms. The number of carbonyl (C=O) groups is 1. The summed E-state index contributed by atoms with van der Waals surface area (Å²) in [6.45, 7) is -0.174. The van der Waals surface area contributed by atoms with E-state index in [1.807, 2.05) is 0 Å². The molecule has 2 aromatic carbocycles. The van der Waals surface area contributed by atoms with Crippen molar-refractivity contribution < 1.29 is 28.5 Å². The molecule has 0 radical (unpaired) electrons. The van der Waals surface area contributed by atoms with Gasteiger partial charge in [0.1, 0.15) is 12.4 Å². The molecule has 3 rings (SSSR count). The summed E-state index contributed by atoms with van der Waals surface area (Å²) in [7, 11) is 0. The number of aliphatic hydroxyl groups excluding tert-OH is 1. The smallest absolute Gasteiger partial charge is 0.232 e. The highest BCUT2D eigenvalue weighted by Crippen LogP contribution is 2.25. The second-order valence-corrected chi connectivity index (χ2v) is 5.07. The fourth-order valence-electron chi connectivity index (χ4n) is 2.25. The maximum atomic E-state index is 13.9. The number of halogens is 2. The van der Waals surface area contributed by atoms with Gasteiger partial charge in [0.05, 0.1) is 29.4 Å². The number of aromatic hydroxyl groups is 1. The molecule has 0 fully saturated rings. The Balaban J connectivity index is 2.03. The second kappa shape index (κ2) is 6.78. The number of ketones is 1. The molecule has 128 valence electrons. The van der Waals surface area contributed by atoms with Crippen molar-refractivity contribution in [3.8, 4) is 11.6 Å². The first-order valence-corrected chi connectivity index (χ1v) is 7.23. The van der Waals surface area contributed by atoms with Crippen LogP contribution in [0.15, 0.2) is 36.5 Å². The van der Waals surface area contributed by atoms with Crippen LogP contribution in [0.25, 0.3) is 11.0 Å². The first-order chi connectivity index (χ1) is 12.0. The molecular weight excluding hydrogens is 334 g/mol. The molecule has 1 aromatic heterocycles. The molecule has 0 aliphatic carbocycles. The van der Waals surface area contributed by atoms with Crippen LogP contribution in [0, 0.1) is 11.6 Å². The molecule has 0 saturated carbocycles. The van der Waals surface area contributed by atoms with Crippen LogP contribution in [-0.4, -0.2) is 39.2 Å². The van der Waals surface area contributed by atoms with Crippen LogP contribution in [0.4, 0.5) is 8.78 Å². The van der Waals surface area contributed by atoms with Gasteiger partial charge in [-0.25, -0.2) is 18.7 Å². The number of fused-ring (bicyclic) bond motifs is 1. The van der Waals surface area contributed by atoms with Crippen molar-refractivity contribution in [3.05, 3.63) is 59.3 Å². The lowest BCUT2D eigenvalue weighted by molar-refractivity contribution is 0.103. The number of aliphatic hydroxyl groups is 1. The van der Waals surface area contributed by atoms with Gasteiger partial charge in [0, 0.05) is 5.56 Å². The molecule has 0 amide bonds. The van der Waals surface area contributed by atoms with E-state index in [0.717, 1.165) is 12.1 Å². The molecule has 1 heterocycles. The number of ether oxygens (including phenoxy) is 1. The van der Waals surface area contributed by atoms with Gasteiger partial charge in [-0.05, 0) is 30.3 Å². The lowest BCUT2D eigenvalue weighted by atomic mass is 10.0. The molecule has 6 nitrogen and oxygen atoms in total. The van der Waals surface area contributed by atoms with Crippen LogP contribution in [0.1, 0.15) is 15.9 Å². The minimum Gasteiger partial charge on any atom is -0.505 e. The predicted molar refractivity (Wildman–Crippen MR) is 83.6 cm³/mol. The first-order valence-electron chi connectivity index (χ1n) is 7.23. The fraction of sp³-hybridized carbons (Fsp3) is 0.118. The van der Waals surface area contributed by atoms with E-state index >= 15 is 0 Å². The summed E-state index contributed by atoms with van der Waals surface area (Å²) in [5.41, 5.74) is -0.142. The zero-order valence-corrected chi connectivity index (χ0v) is 12.7. The Morgan fingerprint density at radius 2 is 1.96 bits per heavy atom. The van der Waals surface area contributed by atoms with Crippen molar-refractivity contribution >= 4 is 16.8 Å². The molecular formula is C17H12F2N2O4. The fourth-order valence-corrected chi connectivity index (χ4v) is 2.25. The van der Waals surface area contributed by atoms with Gasteiger partial charge in [-0.2, -0.15) is 0 Å². The second-order valence-electron chi connectivity index (χ2n) is 5.07. The van der Waals surface area contributed by atoms with E-state index in [2.05, 4.69) is 9.97 Å². The van der Waals surface area contributed by atoms with E-state index in [1.165, 1.54) is 24.4 Å². The van der Waals surface area contributed by atoms with E-state index in [4.69, 9.17) is 9.84 Å². The number of phenols is 1. The first kappa shape index (κ1) is 16.7. The van der Waals surface area contributed by atoms with Crippen LogP contribution in [0.2, 0.25) is 0 Å². The van der Waals surface area contributed by atoms with Gasteiger partial charge >= 0.3 is 0 Å². The van der Waals surface area contributed by atoms with Gasteiger partial charge in [-0.3, -0.25) is 4.79 Å². The Morgan fingerprint density at radius 3 is 2.72 bits per heavy atom. The van der Waals surface area contributed by atoms with E-state index in [0.29, 0.717) is 5.52 Å². The van der Waals surface area contributed by atoms with E-state index in [9.17, 15) is 18.7 Å². The predicted octanol–water partition coefficient (Wildman–Crippen LogP) is 2.22. The van der Waals surface area contributed by atoms with Crippen molar-refractivity contribution in [1.29, 1.82) is 0 Å². The van der Waals surface area contributed by atoms with Gasteiger partial charge in [-0.1, -0.05) is 0 Å². The Bertz CT molecular complexity index is 963. The minimum absolute atomic E-state index is 0.0236. The van der Waals surface area contributed by atoms with Crippen LogP contribution in [-0.2, 0) is 0 Å². The van der Waals surface area contributed by atoms with Crippen molar-refractivity contribution in [1.82, 2.24) is 9.97 Å². The van der Waals surface area contributed by atoms with Crippen LogP contribution in [0.3, 0.4) is 0 Å². The van der Waals surface area contributed by atoms with Crippen LogP contribution < -0.4 is 4.74 Å². The van der Waals surface area contributed by atoms with Crippen molar-refractivity contribution in [2.24, 2.45) is 0 Å². The van der Waals surface area contributed by atoms with Gasteiger partial charge < -0.3 is 14.9 Å². The molecule has 3 aromatic rings. The SMILES string of the molecule is O=C(c1ccc2ncc(OCCO)nc2c1)c1c(F)ccc(O)c1F. The summed E-state index contributed by atoms with van der Waals surface area (Å²) < 4.78 is 32.9. The van der Waals surface area contributed by atoms with Gasteiger partial charge in [0.25, 0.3) is 0 Å². The Hall–Kier alpha value is -3.13. The number of carbonyl (C=O) groups excluding carboxylic acids is 1. The molecule has 2 N–H and O–H groups in total. The standard InChI is InChI=1S/C17H12F2N2O4/c18-10-2-4-13(23)16(19)15(10)17(24)9-1-3-11-12(7-9)21-14(8-20-11)25-6-5-22/h1-4,7-8,22-23H,5-6H2. The third-order valence-corrected chi connectivity index (χ3v) is 3.42. The number of hydrogen-bond acceptors (Lipinski definition) is 6. The highest BCUT2D eigenvalue weighted by Gasteiger charge is 2.22. The van der Waals surface area contributed by atoms with Crippen molar-refractivity contribution in [2.75, 3.05) is 13.2 Å². The molecule has 0 unspecified atom stereocenters. The molecule has 8 heteroatoms. The quantitative estimate of drug-likeness (QED) is 0.688. The molecule has 0 spiro atoms. The lowest BCUT2D eigenvalue weighted by Gasteiger charge is -2.07. The zero-order chi connectivity index (χ0) is 18.0. The molecule has 0 saturated heterocycles. The summed E-state index contributed by atoms with van der Waals surface area (Å²) in [6, 6.07) is 5.80. The normalized spacial score (nSPS) is 10.8. The highest BCUT2D eigenvalue weighted by molar-refractivity contribution is 6.10. The number of nitrogens with zero attached hydrogens (tertiary/aromatic N) is 2. The molecule has 0 atom stereocenters. The molecule has 0 aliphatic heterocycles. The van der Waals surface area contributed by atoms with Gasteiger partial charge in [0.2, 0.25) is 5.88 Å². The number of phenolic OH excluding ortho intramolecular Hbond substituents is 1. The third-order valence-electron chi connectivity index (χ3n) is 3.42. The van der Waals surface area contributed by atoms with Crippen LogP contribution >= 0.6 is 0 Å². The Morgan fingerprint density at radius 1 is 1.16 bits per heavy atom. The van der Waals surface area contributed by atoms with Gasteiger partial charge in [0.15, 0.2) is 17.3 Å². The summed E-state index contributed by atoms with van der Waals surface area (Å²) in [5.74, 6) is -4.01. The summed E-state index contributed by atoms with van der Waals surface area (Å²) >= 11 is 0. The topological polar surface area (TPSA) is 92.5 Å². The number of aromatic nitrogens is 2. The summed E-state index contributed by atoms with van der Waals surface area (Å²) in [4.78, 5) is 20.7. The maximum Gasteiger partial charge on any atom is 0.232 e. The minimum atomic E-state index is -1.32. The lowest BCUT2D eigenvalue weighted by Crippen LogP contribution is -2.08. The van der Waals surface area contributed by atoms with E-state index < -0.39 is 28.7 Å². The average Bonchev–Trinajstić information content (AvgIpc) is 2.62. The molecule has 0 bridgehead atoms. The molecule has 0 aliphatic rings. The van der Waals surface area contributed by atoms with Crippen molar-refractivity contribution in [3.63, 3.8) is 0 Å². The summed E-state index contributed by atoms with van der Waals surface area (Å²) in [6.07, 6.45) is 1.36. The van der Waals surface area contributed by atoms with Gasteiger partial charge in [-0.15, -0.1) is 0 Å². The Labute approximate surface area is 140 Å². The van der Waals surface area contributed by atoms with E-state index in [1.54, 1.807) is 0 Å². The number of rotatable bonds is 5. The van der Waals surface area contributed by atoms with Crippen molar-refractivity contribution in [2.45, 2.75) is 0 Å². The number of benzene rings is 2. The van der Waals surface area contributed by atoms with E-state index in [-0.39, 0.29) is 30.2 Å². The van der Waals surface area contributed by atoms with Crippen LogP contribution in [0.5, 0.6) is 11.6 Å². The number of hydrogen-bond donors (Lipinski definition) is 2. The maximum absolute atomic E-state index is 13.9. The highest BCUT2D eigenvalue weighted by atomic mass is 19.1. The average molecular weight is 346 g/mol. The largest absolute Gasteiger partial charge is 0.505 e. The third kappa shape index (κ3) is 3.24.